The molecule has 1 aromatic carbocycles. The summed E-state index contributed by atoms with van der Waals surface area (Å²) < 4.78 is 16.1. The number of carbonyl (C=O) groups excluding carboxylic acids is 1. The Bertz CT molecular complexity index is 607. The van der Waals surface area contributed by atoms with Crippen LogP contribution in [0.4, 0.5) is 0 Å². The molecule has 118 valence electrons. The van der Waals surface area contributed by atoms with Gasteiger partial charge in [0.15, 0.2) is 11.5 Å². The van der Waals surface area contributed by atoms with Gasteiger partial charge < -0.3 is 19.2 Å². The van der Waals surface area contributed by atoms with Crippen LogP contribution in [0.3, 0.4) is 0 Å². The smallest absolute Gasteiger partial charge is 0.255 e. The zero-order valence-electron chi connectivity index (χ0n) is 13.1. The number of hydrogen-bond donors (Lipinski definition) is 1. The van der Waals surface area contributed by atoms with E-state index in [1.54, 1.807) is 6.07 Å². The van der Waals surface area contributed by atoms with Crippen molar-refractivity contribution < 1.29 is 18.7 Å². The molecular weight excluding hydrogens is 282 g/mol. The van der Waals surface area contributed by atoms with E-state index in [0.717, 1.165) is 5.56 Å². The monoisotopic (exact) mass is 303 g/mol. The number of carbonyl (C=O) groups is 1. The largest absolute Gasteiger partial charge is 0.490 e. The number of furan rings is 1. The minimum atomic E-state index is -0.173. The fraction of sp³-hybridized carbons (Fsp3) is 0.353. The van der Waals surface area contributed by atoms with Crippen LogP contribution >= 0.6 is 0 Å². The number of amides is 1. The summed E-state index contributed by atoms with van der Waals surface area (Å²) in [5.41, 5.74) is 1.45. The maximum atomic E-state index is 12.0. The highest BCUT2D eigenvalue weighted by Crippen LogP contribution is 2.30. The van der Waals surface area contributed by atoms with Crippen LogP contribution in [-0.4, -0.2) is 19.1 Å². The fourth-order valence-electron chi connectivity index (χ4n) is 2.09. The molecule has 0 spiro atoms. The third-order valence-electron chi connectivity index (χ3n) is 3.20. The molecule has 0 saturated carbocycles. The molecule has 0 fully saturated rings. The molecule has 0 aliphatic rings. The van der Waals surface area contributed by atoms with Crippen molar-refractivity contribution in [2.24, 2.45) is 0 Å². The first-order valence-corrected chi connectivity index (χ1v) is 7.38. The summed E-state index contributed by atoms with van der Waals surface area (Å²) in [7, 11) is 0. The molecule has 22 heavy (non-hydrogen) atoms. The van der Waals surface area contributed by atoms with Crippen LogP contribution in [-0.2, 0) is 0 Å². The van der Waals surface area contributed by atoms with E-state index in [1.807, 2.05) is 39.0 Å². The second kappa shape index (κ2) is 7.54. The third kappa shape index (κ3) is 3.81. The molecule has 0 bridgehead atoms. The van der Waals surface area contributed by atoms with Crippen molar-refractivity contribution in [3.63, 3.8) is 0 Å². The lowest BCUT2D eigenvalue weighted by Gasteiger charge is -2.17. The normalized spacial score (nSPS) is 11.8. The van der Waals surface area contributed by atoms with Crippen molar-refractivity contribution in [2.45, 2.75) is 26.8 Å². The lowest BCUT2D eigenvalue weighted by atomic mass is 10.1. The van der Waals surface area contributed by atoms with Crippen LogP contribution in [0.25, 0.3) is 0 Å². The Hall–Kier alpha value is -2.43. The molecule has 0 saturated heterocycles. The fourth-order valence-corrected chi connectivity index (χ4v) is 2.09. The van der Waals surface area contributed by atoms with Gasteiger partial charge in [0, 0.05) is 0 Å². The average molecular weight is 303 g/mol. The van der Waals surface area contributed by atoms with Crippen LogP contribution in [0.5, 0.6) is 11.5 Å². The molecular formula is C17H21NO4. The molecule has 2 aromatic rings. The van der Waals surface area contributed by atoms with Crippen molar-refractivity contribution in [1.29, 1.82) is 0 Å². The van der Waals surface area contributed by atoms with Crippen molar-refractivity contribution in [3.8, 4) is 11.5 Å². The van der Waals surface area contributed by atoms with Crippen molar-refractivity contribution in [1.82, 2.24) is 5.32 Å². The Morgan fingerprint density at radius 2 is 1.91 bits per heavy atom. The highest BCUT2D eigenvalue weighted by atomic mass is 16.5. The van der Waals surface area contributed by atoms with Crippen LogP contribution in [0.15, 0.2) is 41.2 Å². The highest BCUT2D eigenvalue weighted by molar-refractivity contribution is 5.94. The Balaban J connectivity index is 2.13. The minimum Gasteiger partial charge on any atom is -0.490 e. The predicted octanol–water partition coefficient (Wildman–Crippen LogP) is 3.57. The molecule has 0 radical (unpaired) electrons. The van der Waals surface area contributed by atoms with Gasteiger partial charge in [-0.3, -0.25) is 4.79 Å². The Morgan fingerprint density at radius 3 is 2.55 bits per heavy atom. The molecule has 1 aromatic heterocycles. The van der Waals surface area contributed by atoms with Gasteiger partial charge >= 0.3 is 0 Å². The maximum Gasteiger partial charge on any atom is 0.255 e. The van der Waals surface area contributed by atoms with E-state index in [1.165, 1.54) is 12.5 Å². The van der Waals surface area contributed by atoms with E-state index < -0.39 is 0 Å². The van der Waals surface area contributed by atoms with Gasteiger partial charge in [-0.1, -0.05) is 6.07 Å². The van der Waals surface area contributed by atoms with E-state index in [-0.39, 0.29) is 11.9 Å². The molecule has 1 atom stereocenters. The summed E-state index contributed by atoms with van der Waals surface area (Å²) in [5, 5.41) is 2.92. The first-order valence-electron chi connectivity index (χ1n) is 7.38. The van der Waals surface area contributed by atoms with E-state index in [0.29, 0.717) is 30.3 Å². The van der Waals surface area contributed by atoms with Crippen molar-refractivity contribution in [3.05, 3.63) is 47.9 Å². The number of nitrogens with one attached hydrogen (secondary N) is 1. The van der Waals surface area contributed by atoms with E-state index in [9.17, 15) is 4.79 Å². The molecule has 1 unspecified atom stereocenters. The van der Waals surface area contributed by atoms with Crippen LogP contribution in [0, 0.1) is 0 Å². The second-order valence-electron chi connectivity index (χ2n) is 4.78. The van der Waals surface area contributed by atoms with E-state index >= 15 is 0 Å². The maximum absolute atomic E-state index is 12.0. The summed E-state index contributed by atoms with van der Waals surface area (Å²) in [6.45, 7) is 6.90. The molecule has 5 nitrogen and oxygen atoms in total. The zero-order chi connectivity index (χ0) is 15.9. The predicted molar refractivity (Wildman–Crippen MR) is 83.4 cm³/mol. The first kappa shape index (κ1) is 15.9. The van der Waals surface area contributed by atoms with Gasteiger partial charge in [-0.15, -0.1) is 0 Å². The Kier molecular flexibility index (Phi) is 5.47. The van der Waals surface area contributed by atoms with Crippen molar-refractivity contribution in [2.75, 3.05) is 13.2 Å². The summed E-state index contributed by atoms with van der Waals surface area (Å²) in [6.07, 6.45) is 2.90. The topological polar surface area (TPSA) is 60.7 Å². The van der Waals surface area contributed by atoms with E-state index in [4.69, 9.17) is 13.9 Å². The lowest BCUT2D eigenvalue weighted by molar-refractivity contribution is 0.0939. The zero-order valence-corrected chi connectivity index (χ0v) is 13.1. The Morgan fingerprint density at radius 1 is 1.18 bits per heavy atom. The standard InChI is InChI=1S/C17H21NO4/c1-4-21-15-7-6-13(10-16(15)22-5-2)12(3)18-17(19)14-8-9-20-11-14/h6-12H,4-5H2,1-3H3,(H,18,19). The van der Waals surface area contributed by atoms with Gasteiger partial charge in [0.25, 0.3) is 5.91 Å². The molecule has 2 rings (SSSR count). The average Bonchev–Trinajstić information content (AvgIpc) is 3.04. The minimum absolute atomic E-state index is 0.155. The van der Waals surface area contributed by atoms with Gasteiger partial charge in [0.1, 0.15) is 6.26 Å². The Labute approximate surface area is 130 Å². The second-order valence-corrected chi connectivity index (χ2v) is 4.78. The summed E-state index contributed by atoms with van der Waals surface area (Å²) in [5.74, 6) is 1.22. The van der Waals surface area contributed by atoms with Crippen LogP contribution in [0.2, 0.25) is 0 Å². The molecule has 0 aliphatic carbocycles. The SMILES string of the molecule is CCOc1ccc(C(C)NC(=O)c2ccoc2)cc1OCC. The number of ether oxygens (including phenoxy) is 2. The van der Waals surface area contributed by atoms with E-state index in [2.05, 4.69) is 5.32 Å². The van der Waals surface area contributed by atoms with Gasteiger partial charge in [-0.2, -0.15) is 0 Å². The quantitative estimate of drug-likeness (QED) is 0.849. The summed E-state index contributed by atoms with van der Waals surface area (Å²) in [6, 6.07) is 7.16. The van der Waals surface area contributed by atoms with Gasteiger partial charge in [0.05, 0.1) is 31.1 Å². The summed E-state index contributed by atoms with van der Waals surface area (Å²) in [4.78, 5) is 12.0. The number of rotatable bonds is 7. The molecule has 0 aliphatic heterocycles. The molecule has 1 heterocycles. The highest BCUT2D eigenvalue weighted by Gasteiger charge is 2.14. The molecule has 1 N–H and O–H groups in total. The first-order chi connectivity index (χ1) is 10.7. The van der Waals surface area contributed by atoms with Gasteiger partial charge in [0.2, 0.25) is 0 Å². The van der Waals surface area contributed by atoms with Crippen LogP contribution < -0.4 is 14.8 Å². The molecule has 1 amide bonds. The third-order valence-corrected chi connectivity index (χ3v) is 3.20. The number of hydrogen-bond acceptors (Lipinski definition) is 4. The van der Waals surface area contributed by atoms with Crippen LogP contribution in [0.1, 0.15) is 42.7 Å². The van der Waals surface area contributed by atoms with Gasteiger partial charge in [-0.25, -0.2) is 0 Å². The van der Waals surface area contributed by atoms with Crippen molar-refractivity contribution >= 4 is 5.91 Å². The molecule has 5 heteroatoms. The number of benzene rings is 1. The summed E-state index contributed by atoms with van der Waals surface area (Å²) >= 11 is 0. The lowest BCUT2D eigenvalue weighted by Crippen LogP contribution is -2.26. The van der Waals surface area contributed by atoms with Gasteiger partial charge in [-0.05, 0) is 44.5 Å².